The number of methoxy groups -OCH3 is 1. The lowest BCUT2D eigenvalue weighted by molar-refractivity contribution is 0.186. The quantitative estimate of drug-likeness (QED) is 0.923. The number of nitrogens with zero attached hydrogens (tertiary/aromatic N) is 4. The number of benzene rings is 1. The standard InChI is InChI=1S/C17H22FN5O2/c1-11(15-12(18)6-4-8-14(15)25-3)20-17(24)23-9-5-7-13(23)16-21-19-10-22(16)2/h4,6,8,10-11,13H,5,7,9H2,1-3H3,(H,20,24)/t11-,13-/m0/s1. The molecular weight excluding hydrogens is 325 g/mol. The minimum Gasteiger partial charge on any atom is -0.496 e. The van der Waals surface area contributed by atoms with Crippen LogP contribution in [0, 0.1) is 5.82 Å². The highest BCUT2D eigenvalue weighted by atomic mass is 19.1. The first kappa shape index (κ1) is 17.2. The lowest BCUT2D eigenvalue weighted by atomic mass is 10.1. The van der Waals surface area contributed by atoms with E-state index in [4.69, 9.17) is 4.74 Å². The predicted molar refractivity (Wildman–Crippen MR) is 89.6 cm³/mol. The highest BCUT2D eigenvalue weighted by Crippen LogP contribution is 2.32. The maximum absolute atomic E-state index is 14.2. The lowest BCUT2D eigenvalue weighted by Gasteiger charge is -2.26. The van der Waals surface area contributed by atoms with Crippen LogP contribution in [0.15, 0.2) is 24.5 Å². The molecule has 0 unspecified atom stereocenters. The van der Waals surface area contributed by atoms with Gasteiger partial charge in [0.15, 0.2) is 5.82 Å². The number of hydrogen-bond donors (Lipinski definition) is 1. The molecule has 8 heteroatoms. The number of rotatable bonds is 4. The molecule has 0 bridgehead atoms. The van der Waals surface area contributed by atoms with Crippen molar-refractivity contribution in [2.75, 3.05) is 13.7 Å². The summed E-state index contributed by atoms with van der Waals surface area (Å²) in [4.78, 5) is 14.5. The van der Waals surface area contributed by atoms with E-state index >= 15 is 0 Å². The lowest BCUT2D eigenvalue weighted by Crippen LogP contribution is -2.41. The molecule has 1 aliphatic rings. The Kier molecular flexibility index (Phi) is 4.87. The zero-order chi connectivity index (χ0) is 18.0. The molecule has 1 aromatic carbocycles. The number of carbonyl (C=O) groups is 1. The average molecular weight is 347 g/mol. The van der Waals surface area contributed by atoms with Gasteiger partial charge in [0.05, 0.1) is 24.8 Å². The zero-order valence-corrected chi connectivity index (χ0v) is 14.6. The summed E-state index contributed by atoms with van der Waals surface area (Å²) >= 11 is 0. The molecule has 3 rings (SSSR count). The Labute approximate surface area is 145 Å². The van der Waals surface area contributed by atoms with E-state index in [0.717, 1.165) is 18.7 Å². The molecule has 1 aliphatic heterocycles. The molecule has 2 amide bonds. The van der Waals surface area contributed by atoms with Crippen molar-refractivity contribution >= 4 is 6.03 Å². The second kappa shape index (κ2) is 7.08. The first-order valence-corrected chi connectivity index (χ1v) is 8.26. The Bertz CT molecular complexity index is 763. The Morgan fingerprint density at radius 2 is 2.28 bits per heavy atom. The van der Waals surface area contributed by atoms with E-state index in [9.17, 15) is 9.18 Å². The van der Waals surface area contributed by atoms with E-state index in [1.165, 1.54) is 13.2 Å². The van der Waals surface area contributed by atoms with Crippen molar-refractivity contribution in [2.45, 2.75) is 31.8 Å². The number of hydrogen-bond acceptors (Lipinski definition) is 4. The summed E-state index contributed by atoms with van der Waals surface area (Å²) in [5.41, 5.74) is 0.341. The third-order valence-electron chi connectivity index (χ3n) is 4.56. The van der Waals surface area contributed by atoms with Gasteiger partial charge in [-0.3, -0.25) is 0 Å². The molecule has 0 spiro atoms. The summed E-state index contributed by atoms with van der Waals surface area (Å²) in [7, 11) is 3.34. The van der Waals surface area contributed by atoms with Gasteiger partial charge in [-0.1, -0.05) is 6.07 Å². The van der Waals surface area contributed by atoms with Gasteiger partial charge in [0.25, 0.3) is 0 Å². The molecular formula is C17H22FN5O2. The molecule has 1 aromatic heterocycles. The monoisotopic (exact) mass is 347 g/mol. The number of nitrogens with one attached hydrogen (secondary N) is 1. The van der Waals surface area contributed by atoms with E-state index in [1.54, 1.807) is 30.3 Å². The van der Waals surface area contributed by atoms with Gasteiger partial charge in [-0.25, -0.2) is 9.18 Å². The van der Waals surface area contributed by atoms with E-state index in [1.807, 2.05) is 11.6 Å². The first-order chi connectivity index (χ1) is 12.0. The highest BCUT2D eigenvalue weighted by molar-refractivity contribution is 5.75. The average Bonchev–Trinajstić information content (AvgIpc) is 3.22. The van der Waals surface area contributed by atoms with Crippen LogP contribution in [0.25, 0.3) is 0 Å². The number of aryl methyl sites for hydroxylation is 1. The van der Waals surface area contributed by atoms with Gasteiger partial charge in [0.1, 0.15) is 17.9 Å². The summed E-state index contributed by atoms with van der Waals surface area (Å²) < 4.78 is 21.2. The second-order valence-electron chi connectivity index (χ2n) is 6.18. The van der Waals surface area contributed by atoms with Gasteiger partial charge in [0, 0.05) is 13.6 Å². The SMILES string of the molecule is COc1cccc(F)c1[C@H](C)NC(=O)N1CCC[C@H]1c1nncn1C. The maximum Gasteiger partial charge on any atom is 0.318 e. The molecule has 0 saturated carbocycles. The van der Waals surface area contributed by atoms with E-state index in [2.05, 4.69) is 15.5 Å². The molecule has 2 atom stereocenters. The van der Waals surface area contributed by atoms with Crippen LogP contribution >= 0.6 is 0 Å². The zero-order valence-electron chi connectivity index (χ0n) is 14.6. The highest BCUT2D eigenvalue weighted by Gasteiger charge is 2.34. The minimum absolute atomic E-state index is 0.123. The van der Waals surface area contributed by atoms with Crippen molar-refractivity contribution in [3.8, 4) is 5.75 Å². The van der Waals surface area contributed by atoms with Crippen LogP contribution in [0.4, 0.5) is 9.18 Å². The van der Waals surface area contributed by atoms with Crippen LogP contribution in [0.1, 0.15) is 43.2 Å². The van der Waals surface area contributed by atoms with Crippen LogP contribution in [0.2, 0.25) is 0 Å². The normalized spacial score (nSPS) is 18.2. The summed E-state index contributed by atoms with van der Waals surface area (Å²) in [5.74, 6) is 0.765. The Hall–Kier alpha value is -2.64. The smallest absolute Gasteiger partial charge is 0.318 e. The molecule has 134 valence electrons. The van der Waals surface area contributed by atoms with Crippen molar-refractivity contribution in [3.63, 3.8) is 0 Å². The van der Waals surface area contributed by atoms with Gasteiger partial charge < -0.3 is 19.5 Å². The minimum atomic E-state index is -0.524. The number of ether oxygens (including phenoxy) is 1. The van der Waals surface area contributed by atoms with Gasteiger partial charge in [-0.2, -0.15) is 0 Å². The molecule has 1 saturated heterocycles. The van der Waals surface area contributed by atoms with Gasteiger partial charge in [-0.15, -0.1) is 10.2 Å². The summed E-state index contributed by atoms with van der Waals surface area (Å²) in [6, 6.07) is 3.73. The fraction of sp³-hybridized carbons (Fsp3) is 0.471. The molecule has 1 fully saturated rings. The number of carbonyl (C=O) groups excluding carboxylic acids is 1. The van der Waals surface area contributed by atoms with Crippen LogP contribution in [0.5, 0.6) is 5.75 Å². The van der Waals surface area contributed by atoms with Crippen molar-refractivity contribution in [3.05, 3.63) is 41.7 Å². The fourth-order valence-electron chi connectivity index (χ4n) is 3.33. The predicted octanol–water partition coefficient (Wildman–Crippen LogP) is 2.57. The Morgan fingerprint density at radius 3 is 2.96 bits per heavy atom. The molecule has 1 N–H and O–H groups in total. The first-order valence-electron chi connectivity index (χ1n) is 8.26. The van der Waals surface area contributed by atoms with Crippen LogP contribution in [-0.2, 0) is 7.05 Å². The van der Waals surface area contributed by atoms with E-state index in [-0.39, 0.29) is 12.1 Å². The third-order valence-corrected chi connectivity index (χ3v) is 4.56. The second-order valence-corrected chi connectivity index (χ2v) is 6.18. The Morgan fingerprint density at radius 1 is 1.48 bits per heavy atom. The summed E-state index contributed by atoms with van der Waals surface area (Å²) in [6.07, 6.45) is 3.34. The molecule has 0 aliphatic carbocycles. The van der Waals surface area contributed by atoms with E-state index < -0.39 is 11.9 Å². The molecule has 2 heterocycles. The summed E-state index contributed by atoms with van der Waals surface area (Å²) in [5, 5.41) is 10.9. The largest absolute Gasteiger partial charge is 0.496 e. The molecule has 2 aromatic rings. The maximum atomic E-state index is 14.2. The number of urea groups is 1. The van der Waals surface area contributed by atoms with Crippen LogP contribution in [0.3, 0.4) is 0 Å². The number of amides is 2. The fourth-order valence-corrected chi connectivity index (χ4v) is 3.33. The van der Waals surface area contributed by atoms with E-state index in [0.29, 0.717) is 17.9 Å². The Balaban J connectivity index is 1.77. The van der Waals surface area contributed by atoms with Crippen molar-refractivity contribution < 1.29 is 13.9 Å². The summed E-state index contributed by atoms with van der Waals surface area (Å²) in [6.45, 7) is 2.37. The third kappa shape index (κ3) is 3.29. The topological polar surface area (TPSA) is 72.3 Å². The van der Waals surface area contributed by atoms with Gasteiger partial charge >= 0.3 is 6.03 Å². The number of likely N-dealkylation sites (tertiary alicyclic amines) is 1. The van der Waals surface area contributed by atoms with Gasteiger partial charge in [0.2, 0.25) is 0 Å². The number of halogens is 1. The number of aromatic nitrogens is 3. The van der Waals surface area contributed by atoms with Gasteiger partial charge in [-0.05, 0) is 31.9 Å². The molecule has 25 heavy (non-hydrogen) atoms. The van der Waals surface area contributed by atoms with Crippen LogP contribution < -0.4 is 10.1 Å². The van der Waals surface area contributed by atoms with Crippen LogP contribution in [-0.4, -0.2) is 39.4 Å². The van der Waals surface area contributed by atoms with Crippen molar-refractivity contribution in [1.29, 1.82) is 0 Å². The van der Waals surface area contributed by atoms with Crippen molar-refractivity contribution in [2.24, 2.45) is 7.05 Å². The molecule has 0 radical (unpaired) electrons. The van der Waals surface area contributed by atoms with Crippen molar-refractivity contribution in [1.82, 2.24) is 25.0 Å². The molecule has 7 nitrogen and oxygen atoms in total.